The molecule has 0 atom stereocenters. The molecule has 4 heteroatoms. The van der Waals surface area contributed by atoms with Crippen molar-refractivity contribution in [2.75, 3.05) is 20.1 Å². The molecule has 0 bridgehead atoms. The lowest BCUT2D eigenvalue weighted by molar-refractivity contribution is 0.189. The van der Waals surface area contributed by atoms with Gasteiger partial charge in [0, 0.05) is 22.1 Å². The molecule has 1 N–H and O–H groups in total. The Labute approximate surface area is 142 Å². The first-order chi connectivity index (χ1) is 10.2. The molecule has 0 aromatic heterocycles. The molecule has 0 unspecified atom stereocenters. The van der Waals surface area contributed by atoms with Crippen molar-refractivity contribution < 1.29 is 0 Å². The highest BCUT2D eigenvalue weighted by atomic mass is 79.9. The summed E-state index contributed by atoms with van der Waals surface area (Å²) in [5.41, 5.74) is 1.23. The van der Waals surface area contributed by atoms with Gasteiger partial charge in [-0.2, -0.15) is 0 Å². The Kier molecular flexibility index (Phi) is 7.51. The minimum atomic E-state index is 0.798. The van der Waals surface area contributed by atoms with Gasteiger partial charge in [0.1, 0.15) is 0 Å². The summed E-state index contributed by atoms with van der Waals surface area (Å²) in [4.78, 5) is 2.55. The fourth-order valence-corrected chi connectivity index (χ4v) is 3.64. The van der Waals surface area contributed by atoms with Crippen LogP contribution in [0.25, 0.3) is 0 Å². The summed E-state index contributed by atoms with van der Waals surface area (Å²) < 4.78 is 1.12. The highest BCUT2D eigenvalue weighted by Crippen LogP contribution is 2.22. The van der Waals surface area contributed by atoms with Crippen LogP contribution < -0.4 is 5.32 Å². The van der Waals surface area contributed by atoms with E-state index in [0.29, 0.717) is 0 Å². The number of nitrogens with zero attached hydrogens (tertiary/aromatic N) is 1. The van der Waals surface area contributed by atoms with E-state index < -0.39 is 0 Å². The smallest absolute Gasteiger partial charge is 0.0410 e. The van der Waals surface area contributed by atoms with Gasteiger partial charge < -0.3 is 10.2 Å². The van der Waals surface area contributed by atoms with Crippen molar-refractivity contribution in [1.82, 2.24) is 10.2 Å². The SMILES string of the molecule is CN(CCCNCc1cc(Cl)ccc1Br)C1CCCCC1. The summed E-state index contributed by atoms with van der Waals surface area (Å²) in [7, 11) is 2.28. The minimum Gasteiger partial charge on any atom is -0.313 e. The van der Waals surface area contributed by atoms with Crippen LogP contribution in [0.15, 0.2) is 22.7 Å². The molecule has 0 spiro atoms. The third-order valence-corrected chi connectivity index (χ3v) is 5.39. The predicted molar refractivity (Wildman–Crippen MR) is 95.0 cm³/mol. The van der Waals surface area contributed by atoms with Gasteiger partial charge in [-0.15, -0.1) is 0 Å². The Hall–Kier alpha value is -0.0900. The van der Waals surface area contributed by atoms with E-state index in [2.05, 4.69) is 33.2 Å². The van der Waals surface area contributed by atoms with Crippen LogP contribution in [0.1, 0.15) is 44.1 Å². The fraction of sp³-hybridized carbons (Fsp3) is 0.647. The van der Waals surface area contributed by atoms with Gasteiger partial charge in [-0.25, -0.2) is 0 Å². The lowest BCUT2D eigenvalue weighted by atomic mass is 9.94. The van der Waals surface area contributed by atoms with E-state index in [1.807, 2.05) is 18.2 Å². The monoisotopic (exact) mass is 372 g/mol. The zero-order valence-corrected chi connectivity index (χ0v) is 15.2. The van der Waals surface area contributed by atoms with Crippen LogP contribution in [-0.2, 0) is 6.54 Å². The molecule has 21 heavy (non-hydrogen) atoms. The lowest BCUT2D eigenvalue weighted by Crippen LogP contribution is -2.35. The lowest BCUT2D eigenvalue weighted by Gasteiger charge is -2.31. The highest BCUT2D eigenvalue weighted by molar-refractivity contribution is 9.10. The molecular formula is C17H26BrClN2. The van der Waals surface area contributed by atoms with Crippen molar-refractivity contribution in [1.29, 1.82) is 0 Å². The molecule has 0 aliphatic heterocycles. The summed E-state index contributed by atoms with van der Waals surface area (Å²) >= 11 is 9.60. The largest absolute Gasteiger partial charge is 0.313 e. The van der Waals surface area contributed by atoms with Crippen molar-refractivity contribution in [2.24, 2.45) is 0 Å². The van der Waals surface area contributed by atoms with E-state index in [1.165, 1.54) is 50.6 Å². The van der Waals surface area contributed by atoms with Crippen LogP contribution in [0.5, 0.6) is 0 Å². The molecule has 1 fully saturated rings. The molecule has 0 saturated heterocycles. The third-order valence-electron chi connectivity index (χ3n) is 4.39. The first-order valence-electron chi connectivity index (χ1n) is 8.01. The molecule has 1 aliphatic rings. The first kappa shape index (κ1) is 17.3. The van der Waals surface area contributed by atoms with Crippen LogP contribution in [0, 0.1) is 0 Å². The Bertz CT molecular complexity index is 433. The van der Waals surface area contributed by atoms with E-state index in [1.54, 1.807) is 0 Å². The molecule has 1 aromatic carbocycles. The molecule has 0 heterocycles. The van der Waals surface area contributed by atoms with Gasteiger partial charge in [0.25, 0.3) is 0 Å². The van der Waals surface area contributed by atoms with E-state index in [0.717, 1.165) is 28.6 Å². The van der Waals surface area contributed by atoms with E-state index in [4.69, 9.17) is 11.6 Å². The highest BCUT2D eigenvalue weighted by Gasteiger charge is 2.17. The average molecular weight is 374 g/mol. The number of halogens is 2. The number of nitrogens with one attached hydrogen (secondary N) is 1. The number of hydrogen-bond acceptors (Lipinski definition) is 2. The number of hydrogen-bond donors (Lipinski definition) is 1. The van der Waals surface area contributed by atoms with Crippen molar-refractivity contribution >= 4 is 27.5 Å². The van der Waals surface area contributed by atoms with Crippen LogP contribution in [0.3, 0.4) is 0 Å². The minimum absolute atomic E-state index is 0.798. The molecule has 0 amide bonds. The van der Waals surface area contributed by atoms with Gasteiger partial charge >= 0.3 is 0 Å². The van der Waals surface area contributed by atoms with Crippen LogP contribution >= 0.6 is 27.5 Å². The van der Waals surface area contributed by atoms with Crippen LogP contribution in [0.2, 0.25) is 5.02 Å². The zero-order valence-electron chi connectivity index (χ0n) is 12.9. The quantitative estimate of drug-likeness (QED) is 0.687. The summed E-state index contributed by atoms with van der Waals surface area (Å²) in [6.07, 6.45) is 8.23. The maximum Gasteiger partial charge on any atom is 0.0410 e. The molecular weight excluding hydrogens is 348 g/mol. The number of benzene rings is 1. The first-order valence-corrected chi connectivity index (χ1v) is 9.19. The Morgan fingerprint density at radius 2 is 2.05 bits per heavy atom. The van der Waals surface area contributed by atoms with Crippen molar-refractivity contribution in [3.05, 3.63) is 33.3 Å². The Morgan fingerprint density at radius 3 is 2.81 bits per heavy atom. The predicted octanol–water partition coefficient (Wildman–Crippen LogP) is 4.85. The van der Waals surface area contributed by atoms with Gasteiger partial charge in [0.05, 0.1) is 0 Å². The summed E-state index contributed by atoms with van der Waals surface area (Å²) in [5, 5.41) is 4.31. The topological polar surface area (TPSA) is 15.3 Å². The third kappa shape index (κ3) is 5.90. The summed E-state index contributed by atoms with van der Waals surface area (Å²) in [5.74, 6) is 0. The standard InChI is InChI=1S/C17H26BrClN2/c1-21(16-6-3-2-4-7-16)11-5-10-20-13-14-12-15(19)8-9-17(14)18/h8-9,12,16,20H,2-7,10-11,13H2,1H3. The van der Waals surface area contributed by atoms with Gasteiger partial charge in [-0.1, -0.05) is 46.8 Å². The molecule has 1 aliphatic carbocycles. The second kappa shape index (κ2) is 9.14. The second-order valence-corrected chi connectivity index (χ2v) is 7.33. The molecule has 0 radical (unpaired) electrons. The molecule has 2 nitrogen and oxygen atoms in total. The molecule has 118 valence electrons. The summed E-state index contributed by atoms with van der Waals surface area (Å²) in [6.45, 7) is 3.11. The van der Waals surface area contributed by atoms with Crippen molar-refractivity contribution in [3.63, 3.8) is 0 Å². The van der Waals surface area contributed by atoms with Gasteiger partial charge in [0.15, 0.2) is 0 Å². The normalized spacial score (nSPS) is 16.6. The van der Waals surface area contributed by atoms with Crippen LogP contribution in [0.4, 0.5) is 0 Å². The summed E-state index contributed by atoms with van der Waals surface area (Å²) in [6, 6.07) is 6.76. The van der Waals surface area contributed by atoms with Crippen molar-refractivity contribution in [3.8, 4) is 0 Å². The maximum atomic E-state index is 6.03. The van der Waals surface area contributed by atoms with Crippen molar-refractivity contribution in [2.45, 2.75) is 51.1 Å². The average Bonchev–Trinajstić information content (AvgIpc) is 2.51. The maximum absolute atomic E-state index is 6.03. The number of rotatable bonds is 7. The Morgan fingerprint density at radius 1 is 1.29 bits per heavy atom. The molecule has 2 rings (SSSR count). The zero-order chi connectivity index (χ0) is 15.1. The molecule has 1 aromatic rings. The van der Waals surface area contributed by atoms with E-state index in [9.17, 15) is 0 Å². The van der Waals surface area contributed by atoms with Crippen LogP contribution in [-0.4, -0.2) is 31.1 Å². The molecule has 1 saturated carbocycles. The Balaban J connectivity index is 1.62. The van der Waals surface area contributed by atoms with E-state index >= 15 is 0 Å². The van der Waals surface area contributed by atoms with Gasteiger partial charge in [0.2, 0.25) is 0 Å². The van der Waals surface area contributed by atoms with E-state index in [-0.39, 0.29) is 0 Å². The van der Waals surface area contributed by atoms with Gasteiger partial charge in [-0.3, -0.25) is 0 Å². The second-order valence-electron chi connectivity index (χ2n) is 6.04. The van der Waals surface area contributed by atoms with Gasteiger partial charge in [-0.05, 0) is 63.2 Å². The fourth-order valence-electron chi connectivity index (χ4n) is 3.06.